The molecule has 0 amide bonds. The van der Waals surface area contributed by atoms with Gasteiger partial charge in [-0.3, -0.25) is 5.84 Å². The van der Waals surface area contributed by atoms with Crippen molar-refractivity contribution in [3.05, 3.63) is 0 Å². The Kier molecular flexibility index (Phi) is 6.91. The molecule has 0 aromatic heterocycles. The normalized spacial score (nSPS) is 9.91. The molecule has 0 bridgehead atoms. The number of carbonyl (C=O) groups excluding carboxylic acids is 1. The minimum Gasteiger partial charge on any atom is -0.542 e. The maximum atomic E-state index is 10.5. The smallest absolute Gasteiger partial charge is 0.430 e. The fourth-order valence-electron chi connectivity index (χ4n) is 0. The van der Waals surface area contributed by atoms with Crippen LogP contribution in [0.2, 0.25) is 0 Å². The summed E-state index contributed by atoms with van der Waals surface area (Å²) >= 11 is 0. The summed E-state index contributed by atoms with van der Waals surface area (Å²) in [6.45, 7) is 2.97. The Morgan fingerprint density at radius 3 is 1.82 bits per heavy atom. The number of rotatable bonds is 1. The molecule has 0 heterocycles. The van der Waals surface area contributed by atoms with Crippen molar-refractivity contribution in [2.75, 3.05) is 6.54 Å². The highest BCUT2D eigenvalue weighted by Crippen LogP contribution is 2.11. The van der Waals surface area contributed by atoms with Gasteiger partial charge in [-0.05, 0) is 6.92 Å². The van der Waals surface area contributed by atoms with E-state index in [0.717, 1.165) is 6.54 Å². The second-order valence-corrected chi connectivity index (χ2v) is 1.39. The highest BCUT2D eigenvalue weighted by molar-refractivity contribution is 5.70. The van der Waals surface area contributed by atoms with Crippen LogP contribution in [-0.2, 0) is 4.79 Å². The zero-order valence-electron chi connectivity index (χ0n) is 5.86. The Morgan fingerprint density at radius 1 is 1.64 bits per heavy atom. The van der Waals surface area contributed by atoms with E-state index in [0.29, 0.717) is 0 Å². The van der Waals surface area contributed by atoms with Gasteiger partial charge in [0.15, 0.2) is 0 Å². The number of nitrogens with one attached hydrogen (secondary N) is 1. The van der Waals surface area contributed by atoms with Crippen molar-refractivity contribution in [2.45, 2.75) is 13.1 Å². The van der Waals surface area contributed by atoms with Gasteiger partial charge in [0.25, 0.3) is 0 Å². The lowest BCUT2D eigenvalue weighted by molar-refractivity contribution is -0.441. The van der Waals surface area contributed by atoms with Crippen molar-refractivity contribution in [1.29, 1.82) is 0 Å². The number of carboxylic acids is 1. The molecule has 0 saturated carbocycles. The van der Waals surface area contributed by atoms with Crippen LogP contribution in [0.25, 0.3) is 0 Å². The quantitative estimate of drug-likeness (QED) is 0.453. The number of hydrogen-bond donors (Lipinski definition) is 2. The van der Waals surface area contributed by atoms with E-state index in [1.807, 2.05) is 6.92 Å². The predicted molar refractivity (Wildman–Crippen MR) is 27.6 cm³/mol. The fourth-order valence-corrected chi connectivity index (χ4v) is 0. The van der Waals surface area contributed by atoms with Crippen molar-refractivity contribution >= 4 is 5.97 Å². The molecular weight excluding hydrogens is 165 g/mol. The molecule has 0 saturated heterocycles. The summed E-state index contributed by atoms with van der Waals surface area (Å²) in [4.78, 5) is 8.78. The summed E-state index contributed by atoms with van der Waals surface area (Å²) < 4.78 is 31.5. The second kappa shape index (κ2) is 5.93. The molecule has 0 aliphatic heterocycles. The van der Waals surface area contributed by atoms with Gasteiger partial charge in [-0.25, -0.2) is 0 Å². The lowest BCUT2D eigenvalue weighted by Gasteiger charge is -2.03. The molecule has 0 fully saturated rings. The number of carbonyl (C=O) groups is 1. The van der Waals surface area contributed by atoms with Crippen LogP contribution in [0.4, 0.5) is 13.2 Å². The van der Waals surface area contributed by atoms with Crippen molar-refractivity contribution < 1.29 is 28.9 Å². The van der Waals surface area contributed by atoms with E-state index >= 15 is 0 Å². The molecule has 0 aliphatic rings. The van der Waals surface area contributed by atoms with Gasteiger partial charge in [0, 0.05) is 6.54 Å². The molecule has 0 aromatic carbocycles. The van der Waals surface area contributed by atoms with Crippen molar-refractivity contribution in [3.8, 4) is 0 Å². The van der Waals surface area contributed by atoms with Crippen LogP contribution in [0, 0.1) is 0 Å². The lowest BCUT2D eigenvalue weighted by Crippen LogP contribution is -2.64. The molecule has 11 heavy (non-hydrogen) atoms. The van der Waals surface area contributed by atoms with Crippen LogP contribution in [0.5, 0.6) is 0 Å². The molecule has 0 atom stereocenters. The van der Waals surface area contributed by atoms with Gasteiger partial charge in [-0.1, -0.05) is 0 Å². The lowest BCUT2D eigenvalue weighted by atomic mass is 10.7. The number of hydrogen-bond acceptors (Lipinski definition) is 3. The SMILES string of the molecule is CCN[NH3+].O=C([O-])C(F)(F)F. The molecule has 7 heteroatoms. The minimum absolute atomic E-state index is 0.958. The first kappa shape index (κ1) is 12.8. The van der Waals surface area contributed by atoms with Gasteiger partial charge in [-0.15, -0.1) is 0 Å². The Labute approximate surface area is 61.2 Å². The molecule has 0 spiro atoms. The number of quaternary nitrogens is 1. The molecule has 0 aromatic rings. The van der Waals surface area contributed by atoms with Crippen molar-refractivity contribution in [3.63, 3.8) is 0 Å². The van der Waals surface area contributed by atoms with Gasteiger partial charge < -0.3 is 9.90 Å². The summed E-state index contributed by atoms with van der Waals surface area (Å²) in [5, 5.41) is 8.78. The zero-order chi connectivity index (χ0) is 9.49. The average molecular weight is 174 g/mol. The third-order valence-electron chi connectivity index (χ3n) is 0.481. The van der Waals surface area contributed by atoms with E-state index in [1.165, 1.54) is 0 Å². The standard InChI is InChI=1S/C2HF3O2.C2H8N2/c3-2(4,5)1(6)7;1-2-4-3/h(H,6,7);4H,2-3H2,1H3. The molecular formula is C4H9F3N2O2. The maximum Gasteiger partial charge on any atom is 0.430 e. The summed E-state index contributed by atoms with van der Waals surface area (Å²) in [6, 6.07) is 0. The highest BCUT2D eigenvalue weighted by Gasteiger charge is 2.28. The molecule has 68 valence electrons. The summed E-state index contributed by atoms with van der Waals surface area (Å²) in [7, 11) is 0. The largest absolute Gasteiger partial charge is 0.542 e. The van der Waals surface area contributed by atoms with Crippen LogP contribution in [0.15, 0.2) is 0 Å². The Morgan fingerprint density at radius 2 is 1.82 bits per heavy atom. The Bertz CT molecular complexity index is 112. The number of carboxylic acid groups (broad SMARTS) is 1. The molecule has 0 radical (unpaired) electrons. The molecule has 0 rings (SSSR count). The van der Waals surface area contributed by atoms with Gasteiger partial charge in [0.1, 0.15) is 5.97 Å². The van der Waals surface area contributed by atoms with Gasteiger partial charge in [0.05, 0.1) is 0 Å². The molecule has 4 N–H and O–H groups in total. The number of aliphatic carboxylic acids is 1. The van der Waals surface area contributed by atoms with Crippen LogP contribution >= 0.6 is 0 Å². The summed E-state index contributed by atoms with van der Waals surface area (Å²) in [5.41, 5.74) is 2.68. The van der Waals surface area contributed by atoms with Gasteiger partial charge >= 0.3 is 6.18 Å². The summed E-state index contributed by atoms with van der Waals surface area (Å²) in [6.07, 6.45) is -5.19. The van der Waals surface area contributed by atoms with E-state index in [2.05, 4.69) is 11.3 Å². The average Bonchev–Trinajstić information content (AvgIpc) is 1.87. The topological polar surface area (TPSA) is 79.8 Å². The number of alkyl halides is 3. The van der Waals surface area contributed by atoms with Crippen LogP contribution in [0.1, 0.15) is 6.92 Å². The second-order valence-electron chi connectivity index (χ2n) is 1.39. The maximum absolute atomic E-state index is 10.5. The third kappa shape index (κ3) is 12.4. The van der Waals surface area contributed by atoms with E-state index in [9.17, 15) is 13.2 Å². The first-order valence-electron chi connectivity index (χ1n) is 2.64. The third-order valence-corrected chi connectivity index (χ3v) is 0.481. The minimum atomic E-state index is -5.19. The molecule has 0 aliphatic carbocycles. The van der Waals surface area contributed by atoms with Crippen LogP contribution < -0.4 is 16.4 Å². The van der Waals surface area contributed by atoms with E-state index in [1.54, 1.807) is 0 Å². The fraction of sp³-hybridized carbons (Fsp3) is 0.750. The Balaban J connectivity index is 0. The van der Waals surface area contributed by atoms with Crippen molar-refractivity contribution in [1.82, 2.24) is 5.43 Å². The van der Waals surface area contributed by atoms with Crippen LogP contribution in [0.3, 0.4) is 0 Å². The van der Waals surface area contributed by atoms with E-state index in [-0.39, 0.29) is 0 Å². The summed E-state index contributed by atoms with van der Waals surface area (Å²) in [5.74, 6) is 0.347. The zero-order valence-corrected chi connectivity index (χ0v) is 5.86. The van der Waals surface area contributed by atoms with Crippen molar-refractivity contribution in [2.24, 2.45) is 0 Å². The van der Waals surface area contributed by atoms with Gasteiger partial charge in [0.2, 0.25) is 0 Å². The van der Waals surface area contributed by atoms with E-state index in [4.69, 9.17) is 9.90 Å². The monoisotopic (exact) mass is 174 g/mol. The molecule has 4 nitrogen and oxygen atoms in total. The van der Waals surface area contributed by atoms with E-state index < -0.39 is 12.1 Å². The van der Waals surface area contributed by atoms with Crippen LogP contribution in [-0.4, -0.2) is 18.7 Å². The van der Waals surface area contributed by atoms with Gasteiger partial charge in [-0.2, -0.15) is 18.6 Å². The Hall–Kier alpha value is -0.820. The first-order valence-corrected chi connectivity index (χ1v) is 2.64. The first-order chi connectivity index (χ1) is 4.86. The molecule has 0 unspecified atom stereocenters. The number of halogens is 3. The highest BCUT2D eigenvalue weighted by atomic mass is 19.4. The predicted octanol–water partition coefficient (Wildman–Crippen LogP) is -1.95.